The van der Waals surface area contributed by atoms with Crippen LogP contribution in [0.2, 0.25) is 0 Å². The monoisotopic (exact) mass is 351 g/mol. The van der Waals surface area contributed by atoms with Gasteiger partial charge in [0, 0.05) is 11.1 Å². The van der Waals surface area contributed by atoms with E-state index in [1.807, 2.05) is 6.08 Å². The van der Waals surface area contributed by atoms with Gasteiger partial charge in [-0.3, -0.25) is 0 Å². The summed E-state index contributed by atoms with van der Waals surface area (Å²) < 4.78 is 28.2. The zero-order chi connectivity index (χ0) is 18.6. The fourth-order valence-corrected chi connectivity index (χ4v) is 4.11. The Morgan fingerprint density at radius 2 is 1.92 bits per heavy atom. The summed E-state index contributed by atoms with van der Waals surface area (Å²) >= 11 is 0. The van der Waals surface area contributed by atoms with Gasteiger partial charge in [-0.2, -0.15) is 5.26 Å². The van der Waals surface area contributed by atoms with Crippen LogP contribution in [0.25, 0.3) is 0 Å². The topological polar surface area (TPSA) is 23.8 Å². The molecule has 1 unspecified atom stereocenters. The molecule has 0 saturated heterocycles. The molecule has 0 amide bonds. The molecule has 2 aliphatic rings. The Hall–Kier alpha value is -2.39. The van der Waals surface area contributed by atoms with Crippen LogP contribution in [-0.2, 0) is 0 Å². The van der Waals surface area contributed by atoms with E-state index in [1.165, 1.54) is 18.2 Å². The van der Waals surface area contributed by atoms with Gasteiger partial charge in [0.2, 0.25) is 0 Å². The van der Waals surface area contributed by atoms with E-state index in [-0.39, 0.29) is 17.6 Å². The van der Waals surface area contributed by atoms with Gasteiger partial charge in [0.25, 0.3) is 0 Å². The molecule has 1 aromatic rings. The van der Waals surface area contributed by atoms with Crippen molar-refractivity contribution in [3.63, 3.8) is 0 Å². The van der Waals surface area contributed by atoms with Gasteiger partial charge in [-0.05, 0) is 55.4 Å². The molecule has 0 spiro atoms. The molecule has 0 aromatic heterocycles. The van der Waals surface area contributed by atoms with Crippen LogP contribution >= 0.6 is 0 Å². The van der Waals surface area contributed by atoms with Gasteiger partial charge >= 0.3 is 0 Å². The number of hydrogen-bond acceptors (Lipinski definition) is 1. The van der Waals surface area contributed by atoms with Crippen LogP contribution in [-0.4, -0.2) is 0 Å². The number of allylic oxidation sites excluding steroid dienone is 4. The van der Waals surface area contributed by atoms with Gasteiger partial charge in [-0.15, -0.1) is 0 Å². The smallest absolute Gasteiger partial charge is 0.124 e. The van der Waals surface area contributed by atoms with Gasteiger partial charge in [0.15, 0.2) is 0 Å². The van der Waals surface area contributed by atoms with Crippen LogP contribution in [0.4, 0.5) is 8.78 Å². The van der Waals surface area contributed by atoms with Crippen LogP contribution in [0, 0.1) is 46.2 Å². The molecule has 1 atom stereocenters. The van der Waals surface area contributed by atoms with Gasteiger partial charge in [-0.1, -0.05) is 50.2 Å². The maximum absolute atomic E-state index is 15.0. The number of nitrogens with zero attached hydrogens (tertiary/aromatic N) is 1. The Balaban J connectivity index is 1.77. The normalized spacial score (nSPS) is 28.2. The van der Waals surface area contributed by atoms with E-state index in [1.54, 1.807) is 12.1 Å². The summed E-state index contributed by atoms with van der Waals surface area (Å²) in [4.78, 5) is 0. The lowest BCUT2D eigenvalue weighted by Gasteiger charge is -2.39. The van der Waals surface area contributed by atoms with Crippen LogP contribution in [0.1, 0.15) is 51.0 Å². The average Bonchev–Trinajstić information content (AvgIpc) is 2.67. The minimum absolute atomic E-state index is 0.0699. The van der Waals surface area contributed by atoms with Crippen LogP contribution in [0.15, 0.2) is 47.8 Å². The summed E-state index contributed by atoms with van der Waals surface area (Å²) in [6, 6.07) is 8.30. The molecular weight excluding hydrogens is 328 g/mol. The average molecular weight is 351 g/mol. The molecule has 1 nitrogen and oxygen atoms in total. The second-order valence-electron chi connectivity index (χ2n) is 7.33. The second kappa shape index (κ2) is 7.88. The molecule has 0 heterocycles. The lowest BCUT2D eigenvalue weighted by Crippen LogP contribution is -2.34. The van der Waals surface area contributed by atoms with Crippen LogP contribution < -0.4 is 0 Å². The third kappa shape index (κ3) is 3.73. The Morgan fingerprint density at radius 1 is 1.15 bits per heavy atom. The van der Waals surface area contributed by atoms with E-state index in [0.29, 0.717) is 23.5 Å². The van der Waals surface area contributed by atoms with E-state index >= 15 is 0 Å². The highest BCUT2D eigenvalue weighted by molar-refractivity contribution is 5.49. The predicted molar refractivity (Wildman–Crippen MR) is 99.0 cm³/mol. The van der Waals surface area contributed by atoms with Crippen molar-refractivity contribution in [2.24, 2.45) is 17.3 Å². The predicted octanol–water partition coefficient (Wildman–Crippen LogP) is 6.09. The molecule has 1 saturated carbocycles. The fourth-order valence-electron chi connectivity index (χ4n) is 4.11. The molecule has 134 valence electrons. The maximum atomic E-state index is 15.0. The van der Waals surface area contributed by atoms with E-state index in [4.69, 9.17) is 0 Å². The summed E-state index contributed by atoms with van der Waals surface area (Å²) in [5, 5.41) is 9.77. The first kappa shape index (κ1) is 18.4. The second-order valence-corrected chi connectivity index (χ2v) is 7.33. The largest absolute Gasteiger partial charge is 0.210 e. The van der Waals surface area contributed by atoms with Gasteiger partial charge in [0.1, 0.15) is 17.1 Å². The quantitative estimate of drug-likeness (QED) is 0.592. The zero-order valence-electron chi connectivity index (χ0n) is 15.1. The minimum atomic E-state index is -1.04. The number of benzene rings is 1. The Labute approximate surface area is 154 Å². The van der Waals surface area contributed by atoms with Crippen molar-refractivity contribution in [1.29, 1.82) is 5.26 Å². The Morgan fingerprint density at radius 3 is 2.54 bits per heavy atom. The number of halogens is 2. The van der Waals surface area contributed by atoms with E-state index in [2.05, 4.69) is 24.8 Å². The van der Waals surface area contributed by atoms with Crippen LogP contribution in [0.3, 0.4) is 0 Å². The van der Waals surface area contributed by atoms with Gasteiger partial charge in [-0.25, -0.2) is 8.78 Å². The van der Waals surface area contributed by atoms with Crippen molar-refractivity contribution in [1.82, 2.24) is 0 Å². The highest BCUT2D eigenvalue weighted by atomic mass is 19.1. The molecular formula is C23H23F2N. The van der Waals surface area contributed by atoms with E-state index < -0.39 is 5.41 Å². The first-order valence-electron chi connectivity index (χ1n) is 9.34. The third-order valence-corrected chi connectivity index (χ3v) is 5.85. The summed E-state index contributed by atoms with van der Waals surface area (Å²) in [6.45, 7) is 2.19. The molecule has 26 heavy (non-hydrogen) atoms. The van der Waals surface area contributed by atoms with Crippen molar-refractivity contribution in [2.45, 2.75) is 45.4 Å². The zero-order valence-corrected chi connectivity index (χ0v) is 15.1. The van der Waals surface area contributed by atoms with Crippen molar-refractivity contribution < 1.29 is 8.78 Å². The minimum Gasteiger partial charge on any atom is -0.210 e. The van der Waals surface area contributed by atoms with Crippen LogP contribution in [0.5, 0.6) is 0 Å². The Bertz CT molecular complexity index is 826. The number of nitriles is 1. The lowest BCUT2D eigenvalue weighted by atomic mass is 9.63. The van der Waals surface area contributed by atoms with Crippen molar-refractivity contribution in [2.75, 3.05) is 0 Å². The van der Waals surface area contributed by atoms with Gasteiger partial charge in [0.05, 0.1) is 6.07 Å². The molecule has 3 heteroatoms. The lowest BCUT2D eigenvalue weighted by molar-refractivity contribution is 0.154. The SMILES string of the molecule is CC[C@H]1CC[C@H](C2(C#N)CC=C(C#Cc3cccc(F)c3)C=C2F)CC1. The molecule has 0 bridgehead atoms. The summed E-state index contributed by atoms with van der Waals surface area (Å²) in [5.74, 6) is 5.82. The first-order chi connectivity index (χ1) is 12.6. The molecule has 1 aromatic carbocycles. The summed E-state index contributed by atoms with van der Waals surface area (Å²) in [6.07, 6.45) is 8.73. The number of hydrogen-bond donors (Lipinski definition) is 0. The number of rotatable bonds is 2. The summed E-state index contributed by atoms with van der Waals surface area (Å²) in [5.41, 5.74) is 0.0672. The van der Waals surface area contributed by atoms with Gasteiger partial charge < -0.3 is 0 Å². The van der Waals surface area contributed by atoms with Crippen molar-refractivity contribution in [3.8, 4) is 17.9 Å². The van der Waals surface area contributed by atoms with E-state index in [0.717, 1.165) is 32.1 Å². The molecule has 0 N–H and O–H groups in total. The summed E-state index contributed by atoms with van der Waals surface area (Å²) in [7, 11) is 0. The molecule has 0 aliphatic heterocycles. The highest BCUT2D eigenvalue weighted by Crippen LogP contribution is 2.50. The molecule has 2 aliphatic carbocycles. The Kier molecular flexibility index (Phi) is 5.58. The molecule has 1 fully saturated rings. The third-order valence-electron chi connectivity index (χ3n) is 5.85. The molecule has 0 radical (unpaired) electrons. The van der Waals surface area contributed by atoms with Crippen molar-refractivity contribution >= 4 is 0 Å². The highest BCUT2D eigenvalue weighted by Gasteiger charge is 2.45. The fraction of sp³-hybridized carbons (Fsp3) is 0.435. The first-order valence-corrected chi connectivity index (χ1v) is 9.34. The molecule has 3 rings (SSSR count). The van der Waals surface area contributed by atoms with Crippen molar-refractivity contribution in [3.05, 3.63) is 59.2 Å². The maximum Gasteiger partial charge on any atom is 0.124 e. The van der Waals surface area contributed by atoms with E-state index in [9.17, 15) is 14.0 Å². The standard InChI is InChI=1S/C23H23F2N/c1-2-17-8-10-20(11-9-17)23(16-26)13-12-19(15-22(23)25)7-6-18-4-3-5-21(24)14-18/h3-5,12,14-15,17,20H,2,8-11,13H2,1H3/t17-,20-,23?.